The van der Waals surface area contributed by atoms with Crippen molar-refractivity contribution in [2.75, 3.05) is 5.73 Å². The van der Waals surface area contributed by atoms with E-state index in [0.29, 0.717) is 5.82 Å². The van der Waals surface area contributed by atoms with Crippen LogP contribution in [0.5, 0.6) is 0 Å². The summed E-state index contributed by atoms with van der Waals surface area (Å²) in [4.78, 5) is 8.41. The summed E-state index contributed by atoms with van der Waals surface area (Å²) in [7, 11) is 0. The predicted molar refractivity (Wildman–Crippen MR) is 49.8 cm³/mol. The van der Waals surface area contributed by atoms with Crippen LogP contribution in [0.1, 0.15) is 31.7 Å². The lowest BCUT2D eigenvalue weighted by molar-refractivity contribution is 0.829. The van der Waals surface area contributed by atoms with Crippen molar-refractivity contribution in [2.24, 2.45) is 0 Å². The maximum atomic E-state index is 5.71. The van der Waals surface area contributed by atoms with Gasteiger partial charge in [0.25, 0.3) is 0 Å². The van der Waals surface area contributed by atoms with Crippen molar-refractivity contribution in [1.82, 2.24) is 9.97 Å². The molecular formula is C9H15N3. The van der Waals surface area contributed by atoms with Crippen molar-refractivity contribution >= 4 is 5.82 Å². The van der Waals surface area contributed by atoms with Crippen molar-refractivity contribution in [2.45, 2.75) is 33.1 Å². The van der Waals surface area contributed by atoms with Crippen molar-refractivity contribution in [3.8, 4) is 0 Å². The predicted octanol–water partition coefficient (Wildman–Crippen LogP) is 1.57. The Kier molecular flexibility index (Phi) is 3.02. The average Bonchev–Trinajstić information content (AvgIpc) is 2.05. The highest BCUT2D eigenvalue weighted by molar-refractivity contribution is 5.37. The summed E-state index contributed by atoms with van der Waals surface area (Å²) in [5.41, 5.74) is 6.75. The molecule has 0 aliphatic heterocycles. The molecule has 0 bridgehead atoms. The van der Waals surface area contributed by atoms with Gasteiger partial charge in [0.2, 0.25) is 0 Å². The second-order valence-corrected chi connectivity index (χ2v) is 2.80. The standard InChI is InChI=1S/C9H15N3/c1-3-5-8-11-6-7(4-2)9(10)12-8/h6H,3-5H2,1-2H3,(H2,10,11,12). The van der Waals surface area contributed by atoms with E-state index in [-0.39, 0.29) is 0 Å². The lowest BCUT2D eigenvalue weighted by atomic mass is 10.2. The number of aromatic nitrogens is 2. The normalized spacial score (nSPS) is 10.2. The van der Waals surface area contributed by atoms with Crippen LogP contribution in [-0.4, -0.2) is 9.97 Å². The van der Waals surface area contributed by atoms with Gasteiger partial charge in [-0.25, -0.2) is 9.97 Å². The second-order valence-electron chi connectivity index (χ2n) is 2.80. The molecule has 3 nitrogen and oxygen atoms in total. The number of anilines is 1. The van der Waals surface area contributed by atoms with Crippen LogP contribution in [0.4, 0.5) is 5.82 Å². The van der Waals surface area contributed by atoms with Crippen molar-refractivity contribution in [1.29, 1.82) is 0 Å². The molecule has 1 heterocycles. The van der Waals surface area contributed by atoms with Crippen LogP contribution in [0.15, 0.2) is 6.20 Å². The molecular weight excluding hydrogens is 150 g/mol. The summed E-state index contributed by atoms with van der Waals surface area (Å²) in [5.74, 6) is 1.49. The summed E-state index contributed by atoms with van der Waals surface area (Å²) in [5, 5.41) is 0. The summed E-state index contributed by atoms with van der Waals surface area (Å²) in [6.45, 7) is 4.15. The minimum atomic E-state index is 0.635. The fourth-order valence-corrected chi connectivity index (χ4v) is 1.07. The van der Waals surface area contributed by atoms with Crippen LogP contribution in [0, 0.1) is 0 Å². The van der Waals surface area contributed by atoms with E-state index in [1.54, 1.807) is 0 Å². The largest absolute Gasteiger partial charge is 0.383 e. The number of hydrogen-bond donors (Lipinski definition) is 1. The van der Waals surface area contributed by atoms with Gasteiger partial charge >= 0.3 is 0 Å². The average molecular weight is 165 g/mol. The summed E-state index contributed by atoms with van der Waals surface area (Å²) in [6.07, 6.45) is 4.70. The molecule has 0 atom stereocenters. The van der Waals surface area contributed by atoms with Crippen molar-refractivity contribution in [3.63, 3.8) is 0 Å². The van der Waals surface area contributed by atoms with E-state index in [9.17, 15) is 0 Å². The molecule has 0 radical (unpaired) electrons. The van der Waals surface area contributed by atoms with Crippen LogP contribution in [0.25, 0.3) is 0 Å². The Bertz CT molecular complexity index is 258. The van der Waals surface area contributed by atoms with E-state index in [2.05, 4.69) is 23.8 Å². The van der Waals surface area contributed by atoms with Gasteiger partial charge in [-0.3, -0.25) is 0 Å². The minimum Gasteiger partial charge on any atom is -0.383 e. The lowest BCUT2D eigenvalue weighted by Gasteiger charge is -2.02. The first-order chi connectivity index (χ1) is 5.77. The van der Waals surface area contributed by atoms with Gasteiger partial charge in [-0.15, -0.1) is 0 Å². The van der Waals surface area contributed by atoms with Crippen LogP contribution >= 0.6 is 0 Å². The second kappa shape index (κ2) is 4.04. The van der Waals surface area contributed by atoms with Crippen LogP contribution in [0.2, 0.25) is 0 Å². The Balaban J connectivity index is 2.86. The van der Waals surface area contributed by atoms with E-state index in [1.807, 2.05) is 6.20 Å². The highest BCUT2D eigenvalue weighted by Crippen LogP contribution is 2.08. The third-order valence-electron chi connectivity index (χ3n) is 1.80. The van der Waals surface area contributed by atoms with Gasteiger partial charge in [0.15, 0.2) is 0 Å². The van der Waals surface area contributed by atoms with Crippen molar-refractivity contribution in [3.05, 3.63) is 17.6 Å². The van der Waals surface area contributed by atoms with Gasteiger partial charge in [-0.05, 0) is 12.8 Å². The van der Waals surface area contributed by atoms with E-state index in [0.717, 1.165) is 30.7 Å². The molecule has 0 saturated heterocycles. The first kappa shape index (κ1) is 8.97. The highest BCUT2D eigenvalue weighted by atomic mass is 14.9. The quantitative estimate of drug-likeness (QED) is 0.739. The third kappa shape index (κ3) is 1.94. The number of rotatable bonds is 3. The molecule has 0 aliphatic rings. The molecule has 0 spiro atoms. The van der Waals surface area contributed by atoms with Gasteiger partial charge in [0.05, 0.1) is 0 Å². The number of aryl methyl sites for hydroxylation is 2. The topological polar surface area (TPSA) is 51.8 Å². The van der Waals surface area contributed by atoms with E-state index in [4.69, 9.17) is 5.73 Å². The molecule has 0 amide bonds. The Morgan fingerprint density at radius 3 is 2.67 bits per heavy atom. The monoisotopic (exact) mass is 165 g/mol. The number of hydrogen-bond acceptors (Lipinski definition) is 3. The van der Waals surface area contributed by atoms with E-state index >= 15 is 0 Å². The minimum absolute atomic E-state index is 0.635. The first-order valence-electron chi connectivity index (χ1n) is 4.38. The molecule has 0 aromatic carbocycles. The Morgan fingerprint density at radius 1 is 1.42 bits per heavy atom. The zero-order valence-electron chi connectivity index (χ0n) is 7.67. The van der Waals surface area contributed by atoms with Gasteiger partial charge in [0, 0.05) is 18.2 Å². The van der Waals surface area contributed by atoms with Gasteiger partial charge in [-0.1, -0.05) is 13.8 Å². The zero-order valence-corrected chi connectivity index (χ0v) is 7.67. The number of nitrogens with two attached hydrogens (primary N) is 1. The highest BCUT2D eigenvalue weighted by Gasteiger charge is 2.00. The molecule has 2 N–H and O–H groups in total. The molecule has 0 fully saturated rings. The summed E-state index contributed by atoms with van der Waals surface area (Å²) < 4.78 is 0. The Morgan fingerprint density at radius 2 is 2.17 bits per heavy atom. The first-order valence-corrected chi connectivity index (χ1v) is 4.38. The van der Waals surface area contributed by atoms with Crippen LogP contribution in [-0.2, 0) is 12.8 Å². The summed E-state index contributed by atoms with van der Waals surface area (Å²) >= 11 is 0. The molecule has 66 valence electrons. The van der Waals surface area contributed by atoms with Gasteiger partial charge in [0.1, 0.15) is 11.6 Å². The molecule has 0 unspecified atom stereocenters. The zero-order chi connectivity index (χ0) is 8.97. The maximum Gasteiger partial charge on any atom is 0.130 e. The fourth-order valence-electron chi connectivity index (χ4n) is 1.07. The fraction of sp³-hybridized carbons (Fsp3) is 0.556. The molecule has 3 heteroatoms. The number of nitrogens with zero attached hydrogens (tertiary/aromatic N) is 2. The third-order valence-corrected chi connectivity index (χ3v) is 1.80. The smallest absolute Gasteiger partial charge is 0.130 e. The molecule has 1 aromatic heterocycles. The maximum absolute atomic E-state index is 5.71. The lowest BCUT2D eigenvalue weighted by Crippen LogP contribution is -2.02. The van der Waals surface area contributed by atoms with E-state index < -0.39 is 0 Å². The Hall–Kier alpha value is -1.12. The molecule has 1 aromatic rings. The molecule has 0 aliphatic carbocycles. The molecule has 1 rings (SSSR count). The molecule has 12 heavy (non-hydrogen) atoms. The van der Waals surface area contributed by atoms with Crippen LogP contribution < -0.4 is 5.73 Å². The van der Waals surface area contributed by atoms with Gasteiger partial charge in [-0.2, -0.15) is 0 Å². The molecule has 0 saturated carbocycles. The Labute approximate surface area is 73.0 Å². The van der Waals surface area contributed by atoms with E-state index in [1.165, 1.54) is 0 Å². The van der Waals surface area contributed by atoms with Gasteiger partial charge < -0.3 is 5.73 Å². The van der Waals surface area contributed by atoms with Crippen LogP contribution in [0.3, 0.4) is 0 Å². The summed E-state index contributed by atoms with van der Waals surface area (Å²) in [6, 6.07) is 0. The van der Waals surface area contributed by atoms with Crippen molar-refractivity contribution < 1.29 is 0 Å². The SMILES string of the molecule is CCCc1ncc(CC)c(N)n1. The number of nitrogen functional groups attached to an aromatic ring is 1.